The minimum atomic E-state index is -3.98. The van der Waals surface area contributed by atoms with Crippen LogP contribution in [0.1, 0.15) is 13.8 Å². The molecule has 2 amide bonds. The number of benzene rings is 1. The molecule has 0 saturated carbocycles. The van der Waals surface area contributed by atoms with Crippen LogP contribution in [0.4, 0.5) is 0 Å². The van der Waals surface area contributed by atoms with Crippen LogP contribution in [0.2, 0.25) is 0 Å². The minimum Gasteiger partial charge on any atom is -0.484 e. The van der Waals surface area contributed by atoms with Crippen LogP contribution >= 0.6 is 0 Å². The third kappa shape index (κ3) is 3.31. The number of carbonyl (C=O) groups excluding carboxylic acids is 3. The zero-order valence-electron chi connectivity index (χ0n) is 15.8. The van der Waals surface area contributed by atoms with Gasteiger partial charge in [0.1, 0.15) is 22.6 Å². The smallest absolute Gasteiger partial charge is 0.331 e. The maximum Gasteiger partial charge on any atom is 0.331 e. The lowest BCUT2D eigenvalue weighted by Gasteiger charge is -2.42. The summed E-state index contributed by atoms with van der Waals surface area (Å²) in [4.78, 5) is 38.0. The normalized spacial score (nSPS) is 25.9. The Kier molecular flexibility index (Phi) is 5.28. The lowest BCUT2D eigenvalue weighted by molar-refractivity contribution is -0.163. The number of nitrogens with zero attached hydrogens (tertiary/aromatic N) is 1. The highest BCUT2D eigenvalue weighted by Gasteiger charge is 2.72. The number of nitrogens with one attached hydrogen (secondary N) is 1. The molecule has 1 N–H and O–H groups in total. The number of esters is 1. The van der Waals surface area contributed by atoms with Crippen LogP contribution in [-0.4, -0.2) is 66.5 Å². The average Bonchev–Trinajstić information content (AvgIpc) is 2.83. The molecular weight excluding hydrogens is 400 g/mol. The van der Waals surface area contributed by atoms with E-state index in [0.29, 0.717) is 5.75 Å². The average molecular weight is 420 g/mol. The number of hydrogen-bond donors (Lipinski definition) is 1. The van der Waals surface area contributed by atoms with Crippen LogP contribution in [0.5, 0.6) is 5.75 Å². The van der Waals surface area contributed by atoms with Crippen LogP contribution in [-0.2, 0) is 29.0 Å². The molecule has 0 aliphatic carbocycles. The first-order chi connectivity index (χ1) is 13.6. The molecule has 2 aliphatic rings. The lowest BCUT2D eigenvalue weighted by Crippen LogP contribution is -2.72. The zero-order chi connectivity index (χ0) is 21.4. The Morgan fingerprint density at radius 2 is 1.93 bits per heavy atom. The fourth-order valence-electron chi connectivity index (χ4n) is 3.49. The highest BCUT2D eigenvalue weighted by atomic mass is 32.2. The van der Waals surface area contributed by atoms with E-state index in [1.54, 1.807) is 30.3 Å². The number of para-hydroxylation sites is 1. The van der Waals surface area contributed by atoms with Gasteiger partial charge in [0.2, 0.25) is 5.91 Å². The van der Waals surface area contributed by atoms with Crippen LogP contribution in [0.25, 0.3) is 0 Å². The summed E-state index contributed by atoms with van der Waals surface area (Å²) < 4.78 is 34.5. The third-order valence-corrected chi connectivity index (χ3v) is 7.84. The van der Waals surface area contributed by atoms with Gasteiger partial charge in [-0.05, 0) is 26.0 Å². The number of rotatable bonds is 6. The van der Waals surface area contributed by atoms with Gasteiger partial charge in [0.05, 0.1) is 0 Å². The number of hydrogen-bond acceptors (Lipinski definition) is 7. The fourth-order valence-corrected chi connectivity index (χ4v) is 5.70. The van der Waals surface area contributed by atoms with Gasteiger partial charge in [-0.15, -0.1) is 6.42 Å². The quantitative estimate of drug-likeness (QED) is 0.373. The molecule has 2 heterocycles. The number of ether oxygens (including phenoxy) is 2. The van der Waals surface area contributed by atoms with Crippen molar-refractivity contribution >= 4 is 27.6 Å². The van der Waals surface area contributed by atoms with E-state index in [4.69, 9.17) is 15.9 Å². The Balaban J connectivity index is 1.73. The zero-order valence-corrected chi connectivity index (χ0v) is 16.6. The molecular formula is C19H20N2O7S. The van der Waals surface area contributed by atoms with Gasteiger partial charge in [0.25, 0.3) is 5.91 Å². The van der Waals surface area contributed by atoms with E-state index < -0.39 is 56.4 Å². The van der Waals surface area contributed by atoms with Crippen molar-refractivity contribution in [3.8, 4) is 18.1 Å². The summed E-state index contributed by atoms with van der Waals surface area (Å²) in [6.07, 6.45) is 5.06. The van der Waals surface area contributed by atoms with E-state index in [1.807, 2.05) is 0 Å². The molecule has 2 aliphatic heterocycles. The number of β-lactam (4-membered cyclic amide) rings is 1. The first-order valence-electron chi connectivity index (χ1n) is 8.76. The highest BCUT2D eigenvalue weighted by molar-refractivity contribution is 7.94. The van der Waals surface area contributed by atoms with Crippen molar-refractivity contribution in [1.29, 1.82) is 0 Å². The second-order valence-corrected chi connectivity index (χ2v) is 9.77. The van der Waals surface area contributed by atoms with Gasteiger partial charge < -0.3 is 19.7 Å². The molecule has 1 aromatic rings. The van der Waals surface area contributed by atoms with E-state index in [0.717, 1.165) is 4.90 Å². The molecule has 10 heteroatoms. The lowest BCUT2D eigenvalue weighted by atomic mass is 9.96. The summed E-state index contributed by atoms with van der Waals surface area (Å²) in [6.45, 7) is 1.95. The molecule has 0 unspecified atom stereocenters. The van der Waals surface area contributed by atoms with Crippen molar-refractivity contribution in [2.75, 3.05) is 13.2 Å². The Labute approximate surface area is 168 Å². The van der Waals surface area contributed by atoms with Crippen molar-refractivity contribution in [2.45, 2.75) is 36.1 Å². The number of sulfone groups is 1. The number of terminal acetylenes is 1. The number of carbonyl (C=O) groups is 3. The summed E-state index contributed by atoms with van der Waals surface area (Å²) in [7, 11) is -3.98. The van der Waals surface area contributed by atoms with E-state index in [1.165, 1.54) is 13.8 Å². The van der Waals surface area contributed by atoms with Gasteiger partial charge in [0.15, 0.2) is 28.4 Å². The number of amides is 2. The summed E-state index contributed by atoms with van der Waals surface area (Å²) >= 11 is 0. The van der Waals surface area contributed by atoms with Crippen molar-refractivity contribution in [2.24, 2.45) is 0 Å². The van der Waals surface area contributed by atoms with Crippen LogP contribution in [0.3, 0.4) is 0 Å². The van der Waals surface area contributed by atoms with Gasteiger partial charge >= 0.3 is 5.97 Å². The molecule has 1 aromatic carbocycles. The molecule has 9 nitrogen and oxygen atoms in total. The molecule has 0 spiro atoms. The molecule has 2 fully saturated rings. The molecule has 2 saturated heterocycles. The Hall–Kier alpha value is -3.06. The Morgan fingerprint density at radius 3 is 2.55 bits per heavy atom. The molecule has 3 atom stereocenters. The largest absolute Gasteiger partial charge is 0.484 e. The molecule has 0 aromatic heterocycles. The predicted octanol–water partition coefficient (Wildman–Crippen LogP) is -0.529. The molecule has 3 rings (SSSR count). The molecule has 29 heavy (non-hydrogen) atoms. The van der Waals surface area contributed by atoms with Crippen LogP contribution < -0.4 is 10.1 Å². The predicted molar refractivity (Wildman–Crippen MR) is 101 cm³/mol. The van der Waals surface area contributed by atoms with E-state index in [-0.39, 0.29) is 6.61 Å². The van der Waals surface area contributed by atoms with Crippen molar-refractivity contribution in [1.82, 2.24) is 10.2 Å². The Morgan fingerprint density at radius 1 is 1.28 bits per heavy atom. The highest BCUT2D eigenvalue weighted by Crippen LogP contribution is 2.46. The first kappa shape index (κ1) is 20.7. The maximum absolute atomic E-state index is 13.0. The summed E-state index contributed by atoms with van der Waals surface area (Å²) in [5.74, 6) is 0.341. The second-order valence-electron chi connectivity index (χ2n) is 7.15. The number of fused-ring (bicyclic) bond motifs is 1. The SMILES string of the molecule is C#CCOC(=O)[C@@H]1N2C(=O)[C@@H](NC(=O)COc3ccccc3)[C@H]2S(=O)(=O)C1(C)C. The first-order valence-corrected chi connectivity index (χ1v) is 10.3. The maximum atomic E-state index is 13.0. The van der Waals surface area contributed by atoms with E-state index in [9.17, 15) is 22.8 Å². The van der Waals surface area contributed by atoms with E-state index >= 15 is 0 Å². The van der Waals surface area contributed by atoms with Gasteiger partial charge in [0, 0.05) is 0 Å². The molecule has 0 bridgehead atoms. The van der Waals surface area contributed by atoms with Gasteiger partial charge in [-0.3, -0.25) is 9.59 Å². The van der Waals surface area contributed by atoms with Crippen LogP contribution in [0.15, 0.2) is 30.3 Å². The molecule has 0 radical (unpaired) electrons. The Bertz CT molecular complexity index is 982. The molecule has 154 valence electrons. The van der Waals surface area contributed by atoms with Gasteiger partial charge in [-0.25, -0.2) is 13.2 Å². The van der Waals surface area contributed by atoms with Crippen LogP contribution in [0, 0.1) is 12.3 Å². The van der Waals surface area contributed by atoms with Gasteiger partial charge in [-0.2, -0.15) is 0 Å². The summed E-state index contributed by atoms with van der Waals surface area (Å²) in [5, 5.41) is 1.03. The third-order valence-electron chi connectivity index (χ3n) is 5.02. The minimum absolute atomic E-state index is 0.338. The fraction of sp³-hybridized carbons (Fsp3) is 0.421. The topological polar surface area (TPSA) is 119 Å². The van der Waals surface area contributed by atoms with Crippen molar-refractivity contribution in [3.63, 3.8) is 0 Å². The summed E-state index contributed by atoms with van der Waals surface area (Å²) in [5.41, 5.74) is 0. The second kappa shape index (κ2) is 7.40. The van der Waals surface area contributed by atoms with Crippen molar-refractivity contribution < 1.29 is 32.3 Å². The summed E-state index contributed by atoms with van der Waals surface area (Å²) in [6, 6.07) is 5.91. The van der Waals surface area contributed by atoms with Gasteiger partial charge in [-0.1, -0.05) is 24.1 Å². The standard InChI is InChI=1S/C19H20N2O7S/c1-4-10-27-18(24)15-19(2,3)29(25,26)17-14(16(23)21(15)17)20-13(22)11-28-12-8-6-5-7-9-12/h1,5-9,14-15,17H,10-11H2,2-3H3,(H,20,22)/t14-,15+,17-/m1/s1. The monoisotopic (exact) mass is 420 g/mol. The van der Waals surface area contributed by atoms with Crippen molar-refractivity contribution in [3.05, 3.63) is 30.3 Å². The van der Waals surface area contributed by atoms with E-state index in [2.05, 4.69) is 11.2 Å².